The third-order valence-electron chi connectivity index (χ3n) is 4.76. The van der Waals surface area contributed by atoms with E-state index in [4.69, 9.17) is 15.5 Å². The molecule has 1 aliphatic heterocycles. The minimum absolute atomic E-state index is 0.168. The van der Waals surface area contributed by atoms with Crippen LogP contribution in [0.1, 0.15) is 49.7 Å². The monoisotopic (exact) mass is 309 g/mol. The topological polar surface area (TPSA) is 51.4 Å². The molecule has 1 aliphatic carbocycles. The van der Waals surface area contributed by atoms with Gasteiger partial charge in [0.15, 0.2) is 5.13 Å². The predicted molar refractivity (Wildman–Crippen MR) is 88.0 cm³/mol. The molecule has 1 aromatic rings. The number of fused-ring (bicyclic) bond motifs is 1. The zero-order valence-corrected chi connectivity index (χ0v) is 14.2. The molecule has 3 rings (SSSR count). The summed E-state index contributed by atoms with van der Waals surface area (Å²) in [5, 5.41) is 1.18. The molecule has 0 aromatic carbocycles. The minimum Gasteiger partial charge on any atom is -0.384 e. The smallest absolute Gasteiger partial charge is 0.185 e. The highest BCUT2D eigenvalue weighted by molar-refractivity contribution is 7.15. The van der Waals surface area contributed by atoms with Crippen LogP contribution in [0.25, 0.3) is 0 Å². The van der Waals surface area contributed by atoms with Crippen molar-refractivity contribution in [3.8, 4) is 0 Å². The highest BCUT2D eigenvalue weighted by atomic mass is 32.1. The number of hydrogen-bond acceptors (Lipinski definition) is 5. The van der Waals surface area contributed by atoms with Crippen LogP contribution in [0.4, 0.5) is 5.13 Å². The van der Waals surface area contributed by atoms with Gasteiger partial charge in [-0.2, -0.15) is 0 Å². The molecule has 1 fully saturated rings. The Morgan fingerprint density at radius 2 is 2.10 bits per heavy atom. The largest absolute Gasteiger partial charge is 0.384 e. The van der Waals surface area contributed by atoms with E-state index in [2.05, 4.69) is 18.7 Å². The zero-order chi connectivity index (χ0) is 15.0. The maximum absolute atomic E-state index is 6.36. The number of piperidine rings is 1. The molecular formula is C16H27N3OS. The van der Waals surface area contributed by atoms with Crippen LogP contribution in [-0.4, -0.2) is 31.8 Å². The molecule has 21 heavy (non-hydrogen) atoms. The first-order valence-corrected chi connectivity index (χ1v) is 8.79. The fourth-order valence-electron chi connectivity index (χ4n) is 3.64. The predicted octanol–water partition coefficient (Wildman–Crippen LogP) is 2.98. The molecule has 1 aromatic heterocycles. The normalized spacial score (nSPS) is 25.9. The fraction of sp³-hybridized carbons (Fsp3) is 0.812. The Kier molecular flexibility index (Phi) is 4.26. The molecule has 1 atom stereocenters. The number of nitrogens with zero attached hydrogens (tertiary/aromatic N) is 2. The van der Waals surface area contributed by atoms with Gasteiger partial charge < -0.3 is 15.4 Å². The van der Waals surface area contributed by atoms with Gasteiger partial charge in [-0.1, -0.05) is 25.2 Å². The fourth-order valence-corrected chi connectivity index (χ4v) is 4.78. The Morgan fingerprint density at radius 1 is 1.38 bits per heavy atom. The Morgan fingerprint density at radius 3 is 2.76 bits per heavy atom. The molecule has 5 heteroatoms. The lowest BCUT2D eigenvalue weighted by Crippen LogP contribution is -2.34. The third kappa shape index (κ3) is 3.25. The number of thiazole rings is 1. The van der Waals surface area contributed by atoms with Crippen LogP contribution in [0.15, 0.2) is 0 Å². The van der Waals surface area contributed by atoms with E-state index < -0.39 is 0 Å². The van der Waals surface area contributed by atoms with E-state index in [0.29, 0.717) is 5.92 Å². The van der Waals surface area contributed by atoms with Gasteiger partial charge in [-0.3, -0.25) is 0 Å². The summed E-state index contributed by atoms with van der Waals surface area (Å²) < 4.78 is 5.28. The Hall–Kier alpha value is -0.650. The van der Waals surface area contributed by atoms with Gasteiger partial charge in [-0.25, -0.2) is 4.98 Å². The highest BCUT2D eigenvalue weighted by Crippen LogP contribution is 2.44. The summed E-state index contributed by atoms with van der Waals surface area (Å²) in [6, 6.07) is 0.168. The second-order valence-electron chi connectivity index (χ2n) is 7.34. The van der Waals surface area contributed by atoms with E-state index in [-0.39, 0.29) is 11.5 Å². The van der Waals surface area contributed by atoms with E-state index in [1.165, 1.54) is 28.5 Å². The SMILES string of the molecule is COCC1CCN(c2nc3c(s2)C(N)CC(C)(C)C3)CC1. The van der Waals surface area contributed by atoms with Crippen molar-refractivity contribution in [1.82, 2.24) is 4.98 Å². The van der Waals surface area contributed by atoms with Crippen LogP contribution in [0, 0.1) is 11.3 Å². The first-order valence-electron chi connectivity index (χ1n) is 7.97. The highest BCUT2D eigenvalue weighted by Gasteiger charge is 2.34. The van der Waals surface area contributed by atoms with E-state index in [1.807, 2.05) is 11.3 Å². The van der Waals surface area contributed by atoms with E-state index in [9.17, 15) is 0 Å². The van der Waals surface area contributed by atoms with Crippen molar-refractivity contribution in [2.45, 2.75) is 45.6 Å². The van der Waals surface area contributed by atoms with Gasteiger partial charge in [0, 0.05) is 37.7 Å². The summed E-state index contributed by atoms with van der Waals surface area (Å²) in [7, 11) is 1.80. The molecule has 4 nitrogen and oxygen atoms in total. The van der Waals surface area contributed by atoms with Crippen LogP contribution in [0.3, 0.4) is 0 Å². The summed E-state index contributed by atoms with van der Waals surface area (Å²) in [4.78, 5) is 8.69. The van der Waals surface area contributed by atoms with Crippen LogP contribution in [-0.2, 0) is 11.2 Å². The summed E-state index contributed by atoms with van der Waals surface area (Å²) in [6.45, 7) is 7.68. The molecule has 0 saturated carbocycles. The maximum atomic E-state index is 6.36. The molecule has 0 spiro atoms. The van der Waals surface area contributed by atoms with Crippen LogP contribution < -0.4 is 10.6 Å². The van der Waals surface area contributed by atoms with Crippen molar-refractivity contribution in [3.05, 3.63) is 10.6 Å². The average Bonchev–Trinajstić information content (AvgIpc) is 2.82. The Balaban J connectivity index is 1.71. The molecule has 0 bridgehead atoms. The summed E-state index contributed by atoms with van der Waals surface area (Å²) in [5.74, 6) is 0.710. The lowest BCUT2D eigenvalue weighted by molar-refractivity contribution is 0.139. The second-order valence-corrected chi connectivity index (χ2v) is 8.35. The first kappa shape index (κ1) is 15.3. The van der Waals surface area contributed by atoms with Gasteiger partial charge in [0.2, 0.25) is 0 Å². The molecule has 1 unspecified atom stereocenters. The molecule has 118 valence electrons. The number of nitrogens with two attached hydrogens (primary N) is 1. The van der Waals surface area contributed by atoms with Gasteiger partial charge in [0.05, 0.1) is 5.69 Å². The van der Waals surface area contributed by atoms with E-state index in [0.717, 1.165) is 32.5 Å². The van der Waals surface area contributed by atoms with Gasteiger partial charge >= 0.3 is 0 Å². The lowest BCUT2D eigenvalue weighted by Gasteiger charge is -2.32. The Bertz CT molecular complexity index is 492. The van der Waals surface area contributed by atoms with E-state index >= 15 is 0 Å². The maximum Gasteiger partial charge on any atom is 0.185 e. The molecule has 0 amide bonds. The third-order valence-corrected chi connectivity index (χ3v) is 6.05. The Labute approximate surface area is 131 Å². The van der Waals surface area contributed by atoms with Crippen molar-refractivity contribution in [2.75, 3.05) is 31.7 Å². The van der Waals surface area contributed by atoms with Gasteiger partial charge in [0.1, 0.15) is 0 Å². The number of aromatic nitrogens is 1. The van der Waals surface area contributed by atoms with Crippen LogP contribution in [0.5, 0.6) is 0 Å². The quantitative estimate of drug-likeness (QED) is 0.932. The summed E-state index contributed by atoms with van der Waals surface area (Å²) in [5.41, 5.74) is 7.89. The van der Waals surface area contributed by atoms with Gasteiger partial charge in [0.25, 0.3) is 0 Å². The van der Waals surface area contributed by atoms with Crippen molar-refractivity contribution in [3.63, 3.8) is 0 Å². The molecule has 2 heterocycles. The standard InChI is InChI=1S/C16H27N3OS/c1-16(2)8-12(17)14-13(9-16)18-15(21-14)19-6-4-11(5-7-19)10-20-3/h11-12H,4-10,17H2,1-3H3. The number of hydrogen-bond donors (Lipinski definition) is 1. The lowest BCUT2D eigenvalue weighted by atomic mass is 9.77. The molecule has 1 saturated heterocycles. The van der Waals surface area contributed by atoms with Gasteiger partial charge in [-0.05, 0) is 37.0 Å². The zero-order valence-electron chi connectivity index (χ0n) is 13.4. The first-order chi connectivity index (χ1) is 9.98. The molecule has 2 aliphatic rings. The molecule has 2 N–H and O–H groups in total. The van der Waals surface area contributed by atoms with Crippen molar-refractivity contribution >= 4 is 16.5 Å². The van der Waals surface area contributed by atoms with Crippen molar-refractivity contribution in [1.29, 1.82) is 0 Å². The summed E-state index contributed by atoms with van der Waals surface area (Å²) >= 11 is 1.82. The number of methoxy groups -OCH3 is 1. The van der Waals surface area contributed by atoms with E-state index in [1.54, 1.807) is 7.11 Å². The number of rotatable bonds is 3. The molecular weight excluding hydrogens is 282 g/mol. The van der Waals surface area contributed by atoms with Crippen molar-refractivity contribution < 1.29 is 4.74 Å². The minimum atomic E-state index is 0.168. The average molecular weight is 309 g/mol. The summed E-state index contributed by atoms with van der Waals surface area (Å²) in [6.07, 6.45) is 4.54. The van der Waals surface area contributed by atoms with Gasteiger partial charge in [-0.15, -0.1) is 0 Å². The van der Waals surface area contributed by atoms with Crippen LogP contribution >= 0.6 is 11.3 Å². The van der Waals surface area contributed by atoms with Crippen molar-refractivity contribution in [2.24, 2.45) is 17.1 Å². The molecule has 0 radical (unpaired) electrons. The second kappa shape index (κ2) is 5.86. The number of ether oxygens (including phenoxy) is 1. The number of anilines is 1. The van der Waals surface area contributed by atoms with Crippen LogP contribution in [0.2, 0.25) is 0 Å².